The fraction of sp³-hybridized carbons (Fsp3) is 0.130. The number of hydrazone groups is 1. The highest BCUT2D eigenvalue weighted by Gasteiger charge is 2.32. The lowest BCUT2D eigenvalue weighted by Crippen LogP contribution is -2.52. The van der Waals surface area contributed by atoms with Gasteiger partial charge >= 0.3 is 6.03 Å². The van der Waals surface area contributed by atoms with Gasteiger partial charge in [-0.05, 0) is 48.5 Å². The molecule has 0 atom stereocenters. The second-order valence-corrected chi connectivity index (χ2v) is 7.66. The van der Waals surface area contributed by atoms with Crippen molar-refractivity contribution < 1.29 is 4.79 Å². The topological polar surface area (TPSA) is 50.0 Å². The molecule has 1 aliphatic rings. The van der Waals surface area contributed by atoms with E-state index in [0.717, 1.165) is 5.56 Å². The molecule has 145 valence electrons. The fourth-order valence-corrected chi connectivity index (χ4v) is 3.03. The number of para-hydroxylation sites is 2. The number of nitrogens with zero attached hydrogens (tertiary/aromatic N) is 5. The van der Waals surface area contributed by atoms with E-state index in [1.54, 1.807) is 0 Å². The van der Waals surface area contributed by atoms with Gasteiger partial charge in [0.15, 0.2) is 0 Å². The van der Waals surface area contributed by atoms with Crippen molar-refractivity contribution in [2.75, 3.05) is 31.2 Å². The molecule has 3 aromatic rings. The van der Waals surface area contributed by atoms with Crippen LogP contribution in [-0.2, 0) is 0 Å². The monoisotopic (exact) mass is 385 g/mol. The summed E-state index contributed by atoms with van der Waals surface area (Å²) in [5.41, 5.74) is 7.95. The summed E-state index contributed by atoms with van der Waals surface area (Å²) >= 11 is 0. The molecule has 29 heavy (non-hydrogen) atoms. The van der Waals surface area contributed by atoms with Gasteiger partial charge in [0.1, 0.15) is 5.69 Å². The first-order valence-corrected chi connectivity index (χ1v) is 9.40. The Morgan fingerprint density at radius 1 is 0.690 bits per heavy atom. The van der Waals surface area contributed by atoms with Gasteiger partial charge in [-0.3, -0.25) is 4.48 Å². The summed E-state index contributed by atoms with van der Waals surface area (Å²) in [6, 6.07) is 26.5. The molecule has 0 unspecified atom stereocenters. The number of benzene rings is 3. The van der Waals surface area contributed by atoms with Crippen LogP contribution in [0.3, 0.4) is 0 Å². The zero-order valence-electron chi connectivity index (χ0n) is 16.7. The average molecular weight is 385 g/mol. The zero-order chi connectivity index (χ0) is 20.4. The molecule has 0 N–H and O–H groups in total. The van der Waals surface area contributed by atoms with Crippen LogP contribution in [0.5, 0.6) is 0 Å². The molecule has 1 radical (unpaired) electrons. The van der Waals surface area contributed by atoms with Crippen LogP contribution in [0.2, 0.25) is 0 Å². The number of quaternary nitrogens is 1. The van der Waals surface area contributed by atoms with Crippen molar-refractivity contribution in [3.63, 3.8) is 0 Å². The number of amidine groups is 1. The third-order valence-electron chi connectivity index (χ3n) is 4.65. The molecule has 6 nitrogen and oxygen atoms in total. The van der Waals surface area contributed by atoms with Crippen molar-refractivity contribution in [2.24, 2.45) is 5.10 Å². The number of hydrogen-bond acceptors (Lipinski definition) is 2. The Hall–Kier alpha value is -3.64. The largest absolute Gasteiger partial charge is 0.370 e. The van der Waals surface area contributed by atoms with Crippen LogP contribution in [-0.4, -0.2) is 33.0 Å². The number of carbonyl (C=O) groups is 1. The minimum absolute atomic E-state index is 0.325. The summed E-state index contributed by atoms with van der Waals surface area (Å²) in [6.45, 7) is 0. The van der Waals surface area contributed by atoms with Crippen LogP contribution in [0, 0.1) is 0 Å². The summed E-state index contributed by atoms with van der Waals surface area (Å²) in [5.74, 6) is 0.477. The van der Waals surface area contributed by atoms with E-state index in [-0.39, 0.29) is 6.03 Å². The van der Waals surface area contributed by atoms with Gasteiger partial charge in [-0.2, -0.15) is 10.0 Å². The molecule has 6 heteroatoms. The first kappa shape index (κ1) is 18.7. The van der Waals surface area contributed by atoms with Crippen LogP contribution < -0.4 is 19.9 Å². The molecule has 1 aliphatic heterocycles. The average Bonchev–Trinajstić information content (AvgIpc) is 2.75. The van der Waals surface area contributed by atoms with Crippen LogP contribution in [0.1, 0.15) is 5.56 Å². The summed E-state index contributed by atoms with van der Waals surface area (Å²) < 4.78 is 0.717. The molecule has 0 saturated carbocycles. The first-order chi connectivity index (χ1) is 13.9. The maximum Gasteiger partial charge on any atom is 0.370 e. The van der Waals surface area contributed by atoms with E-state index < -0.39 is 0 Å². The predicted molar refractivity (Wildman–Crippen MR) is 118 cm³/mol. The maximum absolute atomic E-state index is 13.1. The second kappa shape index (κ2) is 7.41. The number of hydrogen-bond donors (Lipinski definition) is 0. The lowest BCUT2D eigenvalue weighted by atomic mass is 10.1. The van der Waals surface area contributed by atoms with Crippen molar-refractivity contribution in [2.45, 2.75) is 0 Å². The fourth-order valence-electron chi connectivity index (χ4n) is 3.03. The summed E-state index contributed by atoms with van der Waals surface area (Å²) in [6.07, 6.45) is 0. The molecular formula is C23H23N5O+. The van der Waals surface area contributed by atoms with E-state index in [1.165, 1.54) is 15.7 Å². The second-order valence-electron chi connectivity index (χ2n) is 7.66. The van der Waals surface area contributed by atoms with Crippen molar-refractivity contribution in [3.8, 4) is 0 Å². The number of urea groups is 1. The Labute approximate surface area is 170 Å². The van der Waals surface area contributed by atoms with E-state index >= 15 is 0 Å². The Bertz CT molecular complexity index is 1020. The third-order valence-corrected chi connectivity index (χ3v) is 4.65. The number of anilines is 2. The van der Waals surface area contributed by atoms with Crippen LogP contribution in [0.15, 0.2) is 90.0 Å². The van der Waals surface area contributed by atoms with Gasteiger partial charge in [-0.25, -0.2) is 4.79 Å². The Morgan fingerprint density at radius 2 is 1.21 bits per heavy atom. The van der Waals surface area contributed by atoms with Crippen molar-refractivity contribution in [1.29, 1.82) is 0 Å². The van der Waals surface area contributed by atoms with Gasteiger partial charge in [-0.1, -0.05) is 36.4 Å². The molecule has 0 saturated heterocycles. The molecule has 2 amide bonds. The van der Waals surface area contributed by atoms with Gasteiger partial charge < -0.3 is 0 Å². The van der Waals surface area contributed by atoms with Gasteiger partial charge in [-0.15, -0.1) is 10.5 Å². The first-order valence-electron chi connectivity index (χ1n) is 9.40. The smallest absolute Gasteiger partial charge is 0.298 e. The van der Waals surface area contributed by atoms with Crippen LogP contribution in [0.25, 0.3) is 0 Å². The zero-order valence-corrected chi connectivity index (χ0v) is 16.7. The van der Waals surface area contributed by atoms with Crippen LogP contribution in [0.4, 0.5) is 21.9 Å². The molecule has 0 aromatic heterocycles. The quantitative estimate of drug-likeness (QED) is 0.621. The van der Waals surface area contributed by atoms with Crippen molar-refractivity contribution >= 4 is 28.9 Å². The number of amides is 2. The van der Waals surface area contributed by atoms with E-state index in [0.29, 0.717) is 21.7 Å². The molecule has 4 rings (SSSR count). The van der Waals surface area contributed by atoms with Gasteiger partial charge in [0.2, 0.25) is 5.84 Å². The highest BCUT2D eigenvalue weighted by atomic mass is 16.2. The molecule has 0 fully saturated rings. The summed E-state index contributed by atoms with van der Waals surface area (Å²) in [5, 5.41) is 7.34. The molecule has 3 aromatic carbocycles. The lowest BCUT2D eigenvalue weighted by Gasteiger charge is -2.31. The van der Waals surface area contributed by atoms with Crippen LogP contribution >= 0.6 is 0 Å². The van der Waals surface area contributed by atoms with E-state index in [4.69, 9.17) is 0 Å². The van der Waals surface area contributed by atoms with E-state index in [9.17, 15) is 4.79 Å². The lowest BCUT2D eigenvalue weighted by molar-refractivity contribution is 0.249. The van der Waals surface area contributed by atoms with Gasteiger partial charge in [0.05, 0.1) is 32.5 Å². The summed E-state index contributed by atoms with van der Waals surface area (Å²) in [4.78, 5) is 13.1. The Morgan fingerprint density at radius 3 is 1.72 bits per heavy atom. The SMILES string of the molecule is C[N+](C)(C)c1ccc(C2=NN(c3ccccc3)C(=O)N(c3ccccc3)[N]2)cc1. The van der Waals surface area contributed by atoms with Gasteiger partial charge in [0, 0.05) is 5.56 Å². The Balaban J connectivity index is 1.76. The molecule has 0 aliphatic carbocycles. The molecular weight excluding hydrogens is 362 g/mol. The van der Waals surface area contributed by atoms with E-state index in [2.05, 4.69) is 43.8 Å². The highest BCUT2D eigenvalue weighted by molar-refractivity contribution is 6.12. The standard InChI is InChI=1S/C23H23N5O/c1-28(2,3)21-16-14-18(15-17-21)22-24-26(19-10-6-4-7-11-19)23(29)27(25-22)20-12-8-5-9-13-20/h4-17H,1-3H3/q+1. The third kappa shape index (κ3) is 3.83. The predicted octanol–water partition coefficient (Wildman–Crippen LogP) is 4.21. The molecule has 0 spiro atoms. The molecule has 1 heterocycles. The Kier molecular flexibility index (Phi) is 4.78. The maximum atomic E-state index is 13.1. The van der Waals surface area contributed by atoms with E-state index in [1.807, 2.05) is 72.8 Å². The molecule has 0 bridgehead atoms. The van der Waals surface area contributed by atoms with Crippen molar-refractivity contribution in [3.05, 3.63) is 90.5 Å². The highest BCUT2D eigenvalue weighted by Crippen LogP contribution is 2.25. The normalized spacial score (nSPS) is 14.4. The number of rotatable bonds is 4. The van der Waals surface area contributed by atoms with Gasteiger partial charge in [0.25, 0.3) is 0 Å². The summed E-state index contributed by atoms with van der Waals surface area (Å²) in [7, 11) is 6.35. The minimum atomic E-state index is -0.325. The minimum Gasteiger partial charge on any atom is -0.298 e. The number of carbonyl (C=O) groups excluding carboxylic acids is 1. The van der Waals surface area contributed by atoms with Crippen molar-refractivity contribution in [1.82, 2.24) is 9.91 Å².